The zero-order chi connectivity index (χ0) is 17.3. The third-order valence-corrected chi connectivity index (χ3v) is 6.86. The summed E-state index contributed by atoms with van der Waals surface area (Å²) in [5.74, 6) is 0. The van der Waals surface area contributed by atoms with Gasteiger partial charge in [0.2, 0.25) is 0 Å². The van der Waals surface area contributed by atoms with E-state index < -0.39 is 0 Å². The molecule has 6 heteroatoms. The van der Waals surface area contributed by atoms with Gasteiger partial charge in [-0.25, -0.2) is 4.79 Å². The Morgan fingerprint density at radius 3 is 2.28 bits per heavy atom. The van der Waals surface area contributed by atoms with Gasteiger partial charge in [-0.3, -0.25) is 9.80 Å². The lowest BCUT2D eigenvalue weighted by Gasteiger charge is -2.25. The van der Waals surface area contributed by atoms with Gasteiger partial charge in [-0.05, 0) is 57.5 Å². The van der Waals surface area contributed by atoms with Crippen LogP contribution in [0.2, 0.25) is 0 Å². The average Bonchev–Trinajstić information content (AvgIpc) is 3.26. The molecule has 1 spiro atoms. The van der Waals surface area contributed by atoms with Crippen molar-refractivity contribution in [3.63, 3.8) is 0 Å². The summed E-state index contributed by atoms with van der Waals surface area (Å²) in [4.78, 5) is 21.5. The van der Waals surface area contributed by atoms with Crippen LogP contribution in [0.25, 0.3) is 0 Å². The normalized spacial score (nSPS) is 28.7. The number of rotatable bonds is 4. The second-order valence-electron chi connectivity index (χ2n) is 7.89. The first-order valence-corrected chi connectivity index (χ1v) is 10.4. The molecule has 0 bridgehead atoms. The maximum atomic E-state index is 11.8. The van der Waals surface area contributed by atoms with Gasteiger partial charge in [0.15, 0.2) is 0 Å². The summed E-state index contributed by atoms with van der Waals surface area (Å²) >= 11 is 1.97. The molecule has 1 atom stereocenters. The standard InChI is InChI=1S/C19H29N3O2S/c1-20-15-19(24-18(20)23)7-4-11-22(12-8-19)14-17-6-5-16(25-17)13-21-9-2-3-10-21/h5-6H,2-4,7-15H2,1H3. The molecule has 5 nitrogen and oxygen atoms in total. The second kappa shape index (κ2) is 7.25. The Hall–Kier alpha value is -1.11. The van der Waals surface area contributed by atoms with E-state index >= 15 is 0 Å². The molecular formula is C19H29N3O2S. The summed E-state index contributed by atoms with van der Waals surface area (Å²) in [6.07, 6.45) is 5.60. The largest absolute Gasteiger partial charge is 0.441 e. The highest BCUT2D eigenvalue weighted by atomic mass is 32.1. The lowest BCUT2D eigenvalue weighted by molar-refractivity contribution is 0.0443. The van der Waals surface area contributed by atoms with Crippen molar-refractivity contribution in [1.82, 2.24) is 14.7 Å². The zero-order valence-corrected chi connectivity index (χ0v) is 16.0. The number of likely N-dealkylation sites (tertiary alicyclic amines) is 2. The van der Waals surface area contributed by atoms with Gasteiger partial charge >= 0.3 is 6.09 Å². The van der Waals surface area contributed by atoms with E-state index in [-0.39, 0.29) is 11.7 Å². The predicted molar refractivity (Wildman–Crippen MR) is 99.8 cm³/mol. The van der Waals surface area contributed by atoms with E-state index in [1.54, 1.807) is 4.90 Å². The third kappa shape index (κ3) is 4.01. The number of carbonyl (C=O) groups excluding carboxylic acids is 1. The molecule has 0 aliphatic carbocycles. The van der Waals surface area contributed by atoms with Gasteiger partial charge in [0.05, 0.1) is 6.54 Å². The Bertz CT molecular complexity index is 614. The molecule has 0 aromatic carbocycles. The maximum Gasteiger partial charge on any atom is 0.410 e. The van der Waals surface area contributed by atoms with Crippen molar-refractivity contribution < 1.29 is 9.53 Å². The minimum Gasteiger partial charge on any atom is -0.441 e. The van der Waals surface area contributed by atoms with Crippen LogP contribution in [-0.2, 0) is 17.8 Å². The van der Waals surface area contributed by atoms with E-state index in [9.17, 15) is 4.79 Å². The van der Waals surface area contributed by atoms with Gasteiger partial charge in [-0.1, -0.05) is 0 Å². The highest BCUT2D eigenvalue weighted by molar-refractivity contribution is 7.11. The van der Waals surface area contributed by atoms with Crippen LogP contribution in [0.1, 0.15) is 41.9 Å². The molecule has 25 heavy (non-hydrogen) atoms. The molecule has 3 aliphatic rings. The van der Waals surface area contributed by atoms with Crippen LogP contribution in [0.15, 0.2) is 12.1 Å². The van der Waals surface area contributed by atoms with Crippen LogP contribution in [0.3, 0.4) is 0 Å². The van der Waals surface area contributed by atoms with Crippen LogP contribution in [-0.4, -0.2) is 66.2 Å². The van der Waals surface area contributed by atoms with Gasteiger partial charge in [0, 0.05) is 42.9 Å². The van der Waals surface area contributed by atoms with Crippen LogP contribution >= 0.6 is 11.3 Å². The van der Waals surface area contributed by atoms with Crippen LogP contribution in [0.4, 0.5) is 4.79 Å². The number of ether oxygens (including phenoxy) is 1. The van der Waals surface area contributed by atoms with Crippen molar-refractivity contribution in [2.45, 2.75) is 50.8 Å². The summed E-state index contributed by atoms with van der Waals surface area (Å²) < 4.78 is 5.72. The molecule has 1 aromatic rings. The quantitative estimate of drug-likeness (QED) is 0.823. The topological polar surface area (TPSA) is 36.0 Å². The van der Waals surface area contributed by atoms with E-state index in [2.05, 4.69) is 21.9 Å². The van der Waals surface area contributed by atoms with Crippen LogP contribution in [0, 0.1) is 0 Å². The predicted octanol–water partition coefficient (Wildman–Crippen LogP) is 3.15. The van der Waals surface area contributed by atoms with E-state index in [4.69, 9.17) is 4.74 Å². The van der Waals surface area contributed by atoms with E-state index in [1.807, 2.05) is 18.4 Å². The fourth-order valence-corrected chi connectivity index (χ4v) is 5.51. The van der Waals surface area contributed by atoms with Crippen LogP contribution < -0.4 is 0 Å². The molecule has 0 saturated carbocycles. The first kappa shape index (κ1) is 17.3. The molecule has 0 radical (unpaired) electrons. The molecule has 4 rings (SSSR count). The van der Waals surface area contributed by atoms with Gasteiger partial charge in [0.1, 0.15) is 5.60 Å². The molecule has 3 fully saturated rings. The monoisotopic (exact) mass is 363 g/mol. The van der Waals surface area contributed by atoms with Crippen LogP contribution in [0.5, 0.6) is 0 Å². The Balaban J connectivity index is 1.31. The summed E-state index contributed by atoms with van der Waals surface area (Å²) in [5.41, 5.74) is -0.239. The van der Waals surface area contributed by atoms with E-state index in [0.29, 0.717) is 0 Å². The minimum absolute atomic E-state index is 0.154. The van der Waals surface area contributed by atoms with Gasteiger partial charge in [-0.15, -0.1) is 11.3 Å². The molecule has 1 aromatic heterocycles. The fraction of sp³-hybridized carbons (Fsp3) is 0.737. The van der Waals surface area contributed by atoms with Gasteiger partial charge in [-0.2, -0.15) is 0 Å². The third-order valence-electron chi connectivity index (χ3n) is 5.81. The number of hydrogen-bond donors (Lipinski definition) is 0. The van der Waals surface area contributed by atoms with E-state index in [1.165, 1.54) is 35.7 Å². The molecule has 0 N–H and O–H groups in total. The molecule has 3 saturated heterocycles. The second-order valence-corrected chi connectivity index (χ2v) is 9.14. The number of hydrogen-bond acceptors (Lipinski definition) is 5. The summed E-state index contributed by atoms with van der Waals surface area (Å²) in [5, 5.41) is 0. The smallest absolute Gasteiger partial charge is 0.410 e. The summed E-state index contributed by atoms with van der Waals surface area (Å²) in [6.45, 7) is 7.53. The van der Waals surface area contributed by atoms with Gasteiger partial charge in [0.25, 0.3) is 0 Å². The molecule has 1 unspecified atom stereocenters. The number of nitrogens with zero attached hydrogens (tertiary/aromatic N) is 3. The van der Waals surface area contributed by atoms with Gasteiger partial charge < -0.3 is 9.64 Å². The SMILES string of the molecule is CN1CC2(CCCN(Cc3ccc(CN4CCCC4)s3)CC2)OC1=O. The fourth-order valence-electron chi connectivity index (χ4n) is 4.41. The average molecular weight is 364 g/mol. The Labute approximate surface area is 154 Å². The van der Waals surface area contributed by atoms with Crippen molar-refractivity contribution in [3.8, 4) is 0 Å². The van der Waals surface area contributed by atoms with Crippen molar-refractivity contribution in [2.24, 2.45) is 0 Å². The first-order chi connectivity index (χ1) is 12.1. The summed E-state index contributed by atoms with van der Waals surface area (Å²) in [7, 11) is 1.84. The molecule has 1 amide bonds. The minimum atomic E-state index is -0.239. The molecule has 3 aliphatic heterocycles. The first-order valence-electron chi connectivity index (χ1n) is 9.58. The number of thiophene rings is 1. The van der Waals surface area contributed by atoms with Crippen molar-refractivity contribution in [2.75, 3.05) is 39.8 Å². The Morgan fingerprint density at radius 2 is 1.64 bits per heavy atom. The van der Waals surface area contributed by atoms with Crippen molar-refractivity contribution in [3.05, 3.63) is 21.9 Å². The Kier molecular flexibility index (Phi) is 5.02. The Morgan fingerprint density at radius 1 is 1.00 bits per heavy atom. The summed E-state index contributed by atoms with van der Waals surface area (Å²) in [6, 6.07) is 4.62. The highest BCUT2D eigenvalue weighted by Gasteiger charge is 2.44. The molecule has 138 valence electrons. The van der Waals surface area contributed by atoms with E-state index in [0.717, 1.165) is 52.0 Å². The number of amides is 1. The number of carbonyl (C=O) groups is 1. The van der Waals surface area contributed by atoms with Crippen molar-refractivity contribution in [1.29, 1.82) is 0 Å². The molecular weight excluding hydrogens is 334 g/mol. The zero-order valence-electron chi connectivity index (χ0n) is 15.2. The van der Waals surface area contributed by atoms with Crippen molar-refractivity contribution >= 4 is 17.4 Å². The maximum absolute atomic E-state index is 11.8. The lowest BCUT2D eigenvalue weighted by atomic mass is 9.95. The highest BCUT2D eigenvalue weighted by Crippen LogP contribution is 2.33. The number of likely N-dealkylation sites (N-methyl/N-ethyl adjacent to an activating group) is 1. The lowest BCUT2D eigenvalue weighted by Crippen LogP contribution is -2.35. The molecule has 4 heterocycles.